The Labute approximate surface area is 116 Å². The van der Waals surface area contributed by atoms with Crippen LogP contribution in [-0.2, 0) is 23.1 Å². The fraction of sp³-hybridized carbons (Fsp3) is 0.667. The molecule has 2 rings (SSSR count). The molecule has 0 bridgehead atoms. The van der Waals surface area contributed by atoms with E-state index >= 15 is 0 Å². The van der Waals surface area contributed by atoms with E-state index in [1.807, 2.05) is 11.6 Å². The zero-order chi connectivity index (χ0) is 13.8. The number of rotatable bonds is 5. The smallest absolute Gasteiger partial charge is 0.217 e. The molecule has 0 radical (unpaired) electrons. The molecule has 1 atom stereocenters. The summed E-state index contributed by atoms with van der Waals surface area (Å²) in [6.07, 6.45) is 4.42. The molecule has 1 fully saturated rings. The number of aromatic nitrogens is 3. The van der Waals surface area contributed by atoms with Gasteiger partial charge in [-0.25, -0.2) is 0 Å². The minimum absolute atomic E-state index is 0.000593. The molecule has 1 aliphatic carbocycles. The van der Waals surface area contributed by atoms with Crippen LogP contribution in [0, 0.1) is 0 Å². The SMILES string of the molecule is Cn1c(CCC(N)=O)nnc1S[C@H]1CCCCC1=O. The summed E-state index contributed by atoms with van der Waals surface area (Å²) >= 11 is 1.48. The standard InChI is InChI=1S/C12H18N4O2S/c1-16-11(7-6-10(13)18)14-15-12(16)19-9-5-3-2-4-8(9)17/h9H,2-7H2,1H3,(H2,13,18)/t9-/m0/s1. The lowest BCUT2D eigenvalue weighted by molar-refractivity contribution is -0.120. The number of nitrogens with two attached hydrogens (primary N) is 1. The molecule has 0 aromatic carbocycles. The number of carbonyl (C=O) groups excluding carboxylic acids is 2. The predicted octanol–water partition coefficient (Wildman–Crippen LogP) is 0.837. The van der Waals surface area contributed by atoms with Gasteiger partial charge in [0.25, 0.3) is 0 Å². The Kier molecular flexibility index (Phi) is 4.57. The monoisotopic (exact) mass is 282 g/mol. The molecule has 0 aliphatic heterocycles. The molecule has 1 amide bonds. The maximum absolute atomic E-state index is 11.8. The lowest BCUT2D eigenvalue weighted by atomic mass is 9.99. The third kappa shape index (κ3) is 3.56. The topological polar surface area (TPSA) is 90.9 Å². The van der Waals surface area contributed by atoms with Gasteiger partial charge >= 0.3 is 0 Å². The summed E-state index contributed by atoms with van der Waals surface area (Å²) in [5.41, 5.74) is 5.12. The highest BCUT2D eigenvalue weighted by atomic mass is 32.2. The third-order valence-corrected chi connectivity index (χ3v) is 4.62. The van der Waals surface area contributed by atoms with Crippen molar-refractivity contribution >= 4 is 23.5 Å². The van der Waals surface area contributed by atoms with Crippen molar-refractivity contribution in [2.75, 3.05) is 0 Å². The van der Waals surface area contributed by atoms with E-state index in [1.54, 1.807) is 0 Å². The minimum Gasteiger partial charge on any atom is -0.370 e. The Bertz CT molecular complexity index is 486. The van der Waals surface area contributed by atoms with E-state index in [0.717, 1.165) is 30.2 Å². The molecule has 0 unspecified atom stereocenters. The molecule has 7 heteroatoms. The van der Waals surface area contributed by atoms with Crippen LogP contribution in [0.25, 0.3) is 0 Å². The summed E-state index contributed by atoms with van der Waals surface area (Å²) in [5.74, 6) is 0.683. The van der Waals surface area contributed by atoms with Gasteiger partial charge in [-0.1, -0.05) is 18.2 Å². The zero-order valence-corrected chi connectivity index (χ0v) is 11.8. The summed E-state index contributed by atoms with van der Waals surface area (Å²) in [6.45, 7) is 0. The Morgan fingerprint density at radius 2 is 2.26 bits per heavy atom. The largest absolute Gasteiger partial charge is 0.370 e. The molecule has 0 spiro atoms. The average molecular weight is 282 g/mol. The van der Waals surface area contributed by atoms with E-state index < -0.39 is 0 Å². The van der Waals surface area contributed by atoms with Gasteiger partial charge in [0.1, 0.15) is 11.6 Å². The number of nitrogens with zero attached hydrogens (tertiary/aromatic N) is 3. The number of hydrogen-bond donors (Lipinski definition) is 1. The number of Topliss-reactive ketones (excluding diaryl/α,β-unsaturated/α-hetero) is 1. The van der Waals surface area contributed by atoms with Crippen LogP contribution in [0.3, 0.4) is 0 Å². The summed E-state index contributed by atoms with van der Waals surface area (Å²) in [4.78, 5) is 22.6. The number of aryl methyl sites for hydroxylation is 1. The lowest BCUT2D eigenvalue weighted by Crippen LogP contribution is -2.21. The Balaban J connectivity index is 2.00. The van der Waals surface area contributed by atoms with Gasteiger partial charge in [-0.05, 0) is 12.8 Å². The van der Waals surface area contributed by atoms with Gasteiger partial charge in [-0.3, -0.25) is 9.59 Å². The molecule has 2 N–H and O–H groups in total. The van der Waals surface area contributed by atoms with E-state index in [0.29, 0.717) is 18.6 Å². The van der Waals surface area contributed by atoms with E-state index in [1.165, 1.54) is 11.8 Å². The van der Waals surface area contributed by atoms with E-state index in [4.69, 9.17) is 5.73 Å². The normalized spacial score (nSPS) is 19.6. The van der Waals surface area contributed by atoms with E-state index in [9.17, 15) is 9.59 Å². The quantitative estimate of drug-likeness (QED) is 0.864. The molecule has 1 aromatic rings. The summed E-state index contributed by atoms with van der Waals surface area (Å²) in [6, 6.07) is 0. The first-order chi connectivity index (χ1) is 9.08. The molecule has 104 valence electrons. The van der Waals surface area contributed by atoms with Crippen LogP contribution in [0.1, 0.15) is 37.9 Å². The van der Waals surface area contributed by atoms with Crippen molar-refractivity contribution in [3.63, 3.8) is 0 Å². The second-order valence-corrected chi connectivity index (χ2v) is 5.91. The first kappa shape index (κ1) is 14.0. The first-order valence-electron chi connectivity index (χ1n) is 6.44. The fourth-order valence-electron chi connectivity index (χ4n) is 2.10. The molecule has 19 heavy (non-hydrogen) atoms. The van der Waals surface area contributed by atoms with Crippen LogP contribution in [0.5, 0.6) is 0 Å². The van der Waals surface area contributed by atoms with Gasteiger partial charge in [0.05, 0.1) is 5.25 Å². The number of thioether (sulfide) groups is 1. The van der Waals surface area contributed by atoms with Crippen LogP contribution in [0.4, 0.5) is 0 Å². The molecule has 1 aliphatic rings. The van der Waals surface area contributed by atoms with Gasteiger partial charge in [0, 0.05) is 26.3 Å². The van der Waals surface area contributed by atoms with Crippen molar-refractivity contribution in [2.24, 2.45) is 12.8 Å². The summed E-state index contributed by atoms with van der Waals surface area (Å²) in [5, 5.41) is 8.88. The number of amides is 1. The number of primary amides is 1. The number of hydrogen-bond acceptors (Lipinski definition) is 5. The maximum Gasteiger partial charge on any atom is 0.217 e. The van der Waals surface area contributed by atoms with E-state index in [-0.39, 0.29) is 17.6 Å². The van der Waals surface area contributed by atoms with Crippen molar-refractivity contribution in [2.45, 2.75) is 48.9 Å². The third-order valence-electron chi connectivity index (χ3n) is 3.27. The summed E-state index contributed by atoms with van der Waals surface area (Å²) in [7, 11) is 1.85. The average Bonchev–Trinajstić information content (AvgIpc) is 2.71. The van der Waals surface area contributed by atoms with Gasteiger partial charge in [-0.15, -0.1) is 10.2 Å². The maximum atomic E-state index is 11.8. The van der Waals surface area contributed by atoms with Crippen molar-refractivity contribution in [3.8, 4) is 0 Å². The molecule has 0 saturated heterocycles. The van der Waals surface area contributed by atoms with Crippen molar-refractivity contribution in [3.05, 3.63) is 5.82 Å². The second-order valence-electron chi connectivity index (χ2n) is 4.74. The Morgan fingerprint density at radius 3 is 2.95 bits per heavy atom. The number of ketones is 1. The Morgan fingerprint density at radius 1 is 1.47 bits per heavy atom. The lowest BCUT2D eigenvalue weighted by Gasteiger charge is -2.19. The zero-order valence-electron chi connectivity index (χ0n) is 11.0. The molecule has 1 heterocycles. The number of carbonyl (C=O) groups is 2. The Hall–Kier alpha value is -1.37. The van der Waals surface area contributed by atoms with Crippen molar-refractivity contribution < 1.29 is 9.59 Å². The highest BCUT2D eigenvalue weighted by Crippen LogP contribution is 2.30. The molecular weight excluding hydrogens is 264 g/mol. The van der Waals surface area contributed by atoms with Crippen LogP contribution in [0.15, 0.2) is 5.16 Å². The first-order valence-corrected chi connectivity index (χ1v) is 7.32. The van der Waals surface area contributed by atoms with Crippen LogP contribution < -0.4 is 5.73 Å². The van der Waals surface area contributed by atoms with Crippen molar-refractivity contribution in [1.82, 2.24) is 14.8 Å². The predicted molar refractivity (Wildman–Crippen MR) is 71.6 cm³/mol. The second kappa shape index (κ2) is 6.18. The molecule has 1 aromatic heterocycles. The minimum atomic E-state index is -0.348. The summed E-state index contributed by atoms with van der Waals surface area (Å²) < 4.78 is 1.84. The van der Waals surface area contributed by atoms with Crippen LogP contribution in [-0.4, -0.2) is 31.7 Å². The van der Waals surface area contributed by atoms with Crippen LogP contribution >= 0.6 is 11.8 Å². The highest BCUT2D eigenvalue weighted by Gasteiger charge is 2.25. The molecule has 1 saturated carbocycles. The van der Waals surface area contributed by atoms with Gasteiger partial charge in [0.15, 0.2) is 5.16 Å². The van der Waals surface area contributed by atoms with Gasteiger partial charge in [-0.2, -0.15) is 0 Å². The van der Waals surface area contributed by atoms with Crippen LogP contribution in [0.2, 0.25) is 0 Å². The van der Waals surface area contributed by atoms with Gasteiger partial charge in [0.2, 0.25) is 5.91 Å². The van der Waals surface area contributed by atoms with Crippen molar-refractivity contribution in [1.29, 1.82) is 0 Å². The molecule has 6 nitrogen and oxygen atoms in total. The highest BCUT2D eigenvalue weighted by molar-refractivity contribution is 8.00. The van der Waals surface area contributed by atoms with Gasteiger partial charge < -0.3 is 10.3 Å². The molecular formula is C12H18N4O2S. The fourth-order valence-corrected chi connectivity index (χ4v) is 3.24. The van der Waals surface area contributed by atoms with E-state index in [2.05, 4.69) is 10.2 Å².